The number of allylic oxidation sites excluding steroid dienone is 1. The number of nitrogens with one attached hydrogen (secondary N) is 2. The Labute approximate surface area is 231 Å². The van der Waals surface area contributed by atoms with E-state index < -0.39 is 5.91 Å². The van der Waals surface area contributed by atoms with E-state index in [1.807, 2.05) is 36.4 Å². The van der Waals surface area contributed by atoms with Gasteiger partial charge in [0.05, 0.1) is 16.9 Å². The number of rotatable bonds is 14. The van der Waals surface area contributed by atoms with Crippen LogP contribution in [0.4, 0.5) is 11.4 Å². The highest BCUT2D eigenvalue weighted by Gasteiger charge is 2.24. The van der Waals surface area contributed by atoms with Crippen molar-refractivity contribution in [1.82, 2.24) is 10.3 Å². The van der Waals surface area contributed by atoms with E-state index in [1.165, 1.54) is 11.9 Å². The van der Waals surface area contributed by atoms with Crippen LogP contribution in [0.2, 0.25) is 0 Å². The molecular weight excluding hydrogens is 492 g/mol. The summed E-state index contributed by atoms with van der Waals surface area (Å²) < 4.78 is 0. The van der Waals surface area contributed by atoms with E-state index in [1.54, 1.807) is 43.4 Å². The van der Waals surface area contributed by atoms with Gasteiger partial charge in [-0.1, -0.05) is 51.3 Å². The maximum Gasteiger partial charge on any atom is 0.292 e. The van der Waals surface area contributed by atoms with Crippen LogP contribution in [-0.2, 0) is 9.59 Å². The van der Waals surface area contributed by atoms with Gasteiger partial charge in [-0.3, -0.25) is 29.8 Å². The van der Waals surface area contributed by atoms with Crippen molar-refractivity contribution in [2.24, 2.45) is 11.0 Å². The number of hydrazone groups is 1. The molecule has 0 saturated carbocycles. The summed E-state index contributed by atoms with van der Waals surface area (Å²) in [4.78, 5) is 37.5. The molecule has 39 heavy (non-hydrogen) atoms. The molecule has 0 aromatic heterocycles. The molecule has 0 saturated heterocycles. The molecule has 9 heteroatoms. The molecule has 0 fully saturated rings. The van der Waals surface area contributed by atoms with Gasteiger partial charge >= 0.3 is 0 Å². The van der Waals surface area contributed by atoms with Crippen LogP contribution in [0.15, 0.2) is 70.8 Å². The van der Waals surface area contributed by atoms with Crippen LogP contribution in [0.3, 0.4) is 0 Å². The predicted octanol–water partition coefficient (Wildman–Crippen LogP) is 4.95. The van der Waals surface area contributed by atoms with Crippen molar-refractivity contribution in [1.29, 1.82) is 5.26 Å². The highest BCUT2D eigenvalue weighted by Crippen LogP contribution is 2.17. The van der Waals surface area contributed by atoms with E-state index in [4.69, 9.17) is 0 Å². The number of nitriles is 1. The van der Waals surface area contributed by atoms with Crippen molar-refractivity contribution < 1.29 is 14.4 Å². The summed E-state index contributed by atoms with van der Waals surface area (Å²) in [6.07, 6.45) is 4.80. The van der Waals surface area contributed by atoms with Crippen LogP contribution in [0.5, 0.6) is 0 Å². The van der Waals surface area contributed by atoms with E-state index in [0.717, 1.165) is 31.4 Å². The molecular formula is C30H38N6O3. The Bertz CT molecular complexity index is 1220. The Balaban J connectivity index is 2.22. The van der Waals surface area contributed by atoms with Crippen molar-refractivity contribution in [3.63, 3.8) is 0 Å². The van der Waals surface area contributed by atoms with Crippen LogP contribution in [0.25, 0.3) is 0 Å². The van der Waals surface area contributed by atoms with Crippen LogP contribution in [-0.4, -0.2) is 49.5 Å². The van der Waals surface area contributed by atoms with Gasteiger partial charge in [0.2, 0.25) is 0 Å². The monoisotopic (exact) mass is 530 g/mol. The third-order valence-electron chi connectivity index (χ3n) is 6.61. The highest BCUT2D eigenvalue weighted by molar-refractivity contribution is 6.46. The first kappa shape index (κ1) is 30.8. The molecule has 2 amide bonds. The van der Waals surface area contributed by atoms with Gasteiger partial charge in [-0.15, -0.1) is 0 Å². The molecule has 9 nitrogen and oxygen atoms in total. The number of unbranched alkanes of at least 4 members (excludes halogenated alkanes) is 1. The van der Waals surface area contributed by atoms with Gasteiger partial charge in [0.1, 0.15) is 6.07 Å². The van der Waals surface area contributed by atoms with Gasteiger partial charge in [0.25, 0.3) is 11.8 Å². The van der Waals surface area contributed by atoms with Gasteiger partial charge in [0.15, 0.2) is 12.0 Å². The largest absolute Gasteiger partial charge is 0.352 e. The number of hydrogen-bond acceptors (Lipinski definition) is 7. The molecule has 1 atom stereocenters. The number of carbonyl (C=O) groups excluding carboxylic acids is 3. The first-order valence-corrected chi connectivity index (χ1v) is 13.1. The van der Waals surface area contributed by atoms with Gasteiger partial charge < -0.3 is 5.32 Å². The summed E-state index contributed by atoms with van der Waals surface area (Å²) in [7, 11) is 3.29. The summed E-state index contributed by atoms with van der Waals surface area (Å²) >= 11 is 0. The molecule has 1 unspecified atom stereocenters. The average Bonchev–Trinajstić information content (AvgIpc) is 2.97. The number of nitrogens with zero attached hydrogens (tertiary/aromatic N) is 4. The molecule has 0 radical (unpaired) electrons. The second kappa shape index (κ2) is 15.7. The van der Waals surface area contributed by atoms with Crippen molar-refractivity contribution in [3.05, 3.63) is 71.3 Å². The summed E-state index contributed by atoms with van der Waals surface area (Å²) in [5.74, 6) is -0.212. The van der Waals surface area contributed by atoms with Crippen LogP contribution in [0.1, 0.15) is 56.8 Å². The molecule has 0 aliphatic heterocycles. The minimum absolute atomic E-state index is 0.0940. The Morgan fingerprint density at radius 2 is 1.74 bits per heavy atom. The smallest absolute Gasteiger partial charge is 0.292 e. The van der Waals surface area contributed by atoms with Crippen LogP contribution >= 0.6 is 0 Å². The van der Waals surface area contributed by atoms with Crippen LogP contribution < -0.4 is 15.8 Å². The third kappa shape index (κ3) is 8.82. The molecule has 206 valence electrons. The minimum Gasteiger partial charge on any atom is -0.352 e. The number of hydrogen-bond donors (Lipinski definition) is 2. The van der Waals surface area contributed by atoms with E-state index in [9.17, 15) is 19.6 Å². The topological polar surface area (TPSA) is 118 Å². The first-order valence-electron chi connectivity index (χ1n) is 13.1. The molecule has 2 N–H and O–H groups in total. The summed E-state index contributed by atoms with van der Waals surface area (Å²) in [6.45, 7) is 6.43. The average molecular weight is 531 g/mol. The lowest BCUT2D eigenvalue weighted by molar-refractivity contribution is -0.123. The fourth-order valence-electron chi connectivity index (χ4n) is 3.82. The van der Waals surface area contributed by atoms with E-state index in [-0.39, 0.29) is 22.8 Å². The first-order chi connectivity index (χ1) is 18.8. The minimum atomic E-state index is -0.523. The number of aldehydes is 1. The molecule has 0 heterocycles. The van der Waals surface area contributed by atoms with Crippen molar-refractivity contribution in [2.45, 2.75) is 46.5 Å². The number of anilines is 2. The summed E-state index contributed by atoms with van der Waals surface area (Å²) in [5, 5.41) is 19.6. The summed E-state index contributed by atoms with van der Waals surface area (Å²) in [5.41, 5.74) is 4.48. The van der Waals surface area contributed by atoms with E-state index in [2.05, 4.69) is 29.7 Å². The van der Waals surface area contributed by atoms with Gasteiger partial charge in [-0.05, 0) is 55.7 Å². The number of benzene rings is 2. The second-order valence-corrected chi connectivity index (χ2v) is 9.23. The second-order valence-electron chi connectivity index (χ2n) is 9.23. The van der Waals surface area contributed by atoms with Crippen LogP contribution in [0, 0.1) is 17.2 Å². The number of para-hydroxylation sites is 1. The van der Waals surface area contributed by atoms with E-state index >= 15 is 0 Å². The molecule has 0 aliphatic rings. The predicted molar refractivity (Wildman–Crippen MR) is 155 cm³/mol. The molecule has 0 spiro atoms. The fraction of sp³-hybridized carbons (Fsp3) is 0.367. The van der Waals surface area contributed by atoms with Crippen molar-refractivity contribution >= 4 is 35.2 Å². The normalized spacial score (nSPS) is 12.5. The number of carbonyl (C=O) groups is 3. The van der Waals surface area contributed by atoms with Crippen molar-refractivity contribution in [3.8, 4) is 6.07 Å². The molecule has 2 aromatic rings. The Morgan fingerprint density at radius 1 is 1.08 bits per heavy atom. The molecule has 0 aliphatic carbocycles. The van der Waals surface area contributed by atoms with E-state index in [0.29, 0.717) is 30.0 Å². The lowest BCUT2D eigenvalue weighted by Gasteiger charge is -2.30. The molecule has 2 rings (SSSR count). The summed E-state index contributed by atoms with van der Waals surface area (Å²) in [6, 6.07) is 17.8. The number of amides is 2. The Kier molecular flexibility index (Phi) is 12.4. The zero-order valence-corrected chi connectivity index (χ0v) is 23.4. The van der Waals surface area contributed by atoms with Gasteiger partial charge in [-0.2, -0.15) is 10.4 Å². The van der Waals surface area contributed by atoms with Gasteiger partial charge in [0, 0.05) is 31.8 Å². The van der Waals surface area contributed by atoms with Gasteiger partial charge in [-0.25, -0.2) is 0 Å². The molecule has 2 aromatic carbocycles. The zero-order valence-electron chi connectivity index (χ0n) is 23.4. The third-order valence-corrected chi connectivity index (χ3v) is 6.61. The Hall–Kier alpha value is -4.45. The maximum absolute atomic E-state index is 13.4. The van der Waals surface area contributed by atoms with Crippen molar-refractivity contribution in [2.75, 3.05) is 31.1 Å². The molecule has 0 bridgehead atoms. The Morgan fingerprint density at radius 3 is 2.31 bits per heavy atom. The fourth-order valence-corrected chi connectivity index (χ4v) is 3.82. The lowest BCUT2D eigenvalue weighted by Crippen LogP contribution is -2.45. The standard InChI is InChI=1S/C30H38N6O3/c1-6-8-12-23(7-2)20-32-29(38)24-15-17-26(18-16-24)33-34-28(22(3)25(19-31)21-37)30(39)36(5)35(4)27-13-10-9-11-14-27/h9-11,13-18,21,23,33H,6-8,12,20H2,1-5H3,(H,32,38)/b25-22-,34-28-. The lowest BCUT2D eigenvalue weighted by atomic mass is 9.99. The zero-order chi connectivity index (χ0) is 28.8. The highest BCUT2D eigenvalue weighted by atomic mass is 16.2. The quantitative estimate of drug-likeness (QED) is 0.117. The maximum atomic E-state index is 13.4. The number of hydrazine groups is 1. The SMILES string of the molecule is CCCCC(CC)CNC(=O)c1ccc(N/N=C(C(=O)N(C)N(C)c2ccccc2)/C(C)=C(/C#N)C=O)cc1.